The molecule has 296 valence electrons. The number of rotatable bonds is 12. The van der Waals surface area contributed by atoms with Crippen molar-refractivity contribution in [2.45, 2.75) is 156 Å². The first-order valence-electron chi connectivity index (χ1n) is 16.8. The summed E-state index contributed by atoms with van der Waals surface area (Å²) in [6.07, 6.45) is -25.7. The molecule has 11 N–H and O–H groups in total. The minimum absolute atomic E-state index is 0.537. The number of carbonyl (C=O) groups excluding carboxylic acids is 2. The van der Waals surface area contributed by atoms with Crippen molar-refractivity contribution in [3.8, 4) is 0 Å². The smallest absolute Gasteiger partial charge is 0.217 e. The van der Waals surface area contributed by atoms with E-state index in [-0.39, 0.29) is 0 Å². The molecule has 0 spiro atoms. The first kappa shape index (κ1) is 42.4. The number of hydrogen-bond donors (Lipinski definition) is 11. The van der Waals surface area contributed by atoms with Crippen LogP contribution in [-0.2, 0) is 42.7 Å². The molecule has 20 atom stereocenters. The van der Waals surface area contributed by atoms with Gasteiger partial charge in [-0.2, -0.15) is 0 Å². The summed E-state index contributed by atoms with van der Waals surface area (Å²) in [5.74, 6) is -0.656. The van der Waals surface area contributed by atoms with Gasteiger partial charge in [-0.15, -0.1) is 11.8 Å². The Morgan fingerprint density at radius 3 is 1.75 bits per heavy atom. The van der Waals surface area contributed by atoms with Gasteiger partial charge >= 0.3 is 0 Å². The zero-order valence-electron chi connectivity index (χ0n) is 28.8. The average molecular weight is 761 g/mol. The quantitative estimate of drug-likeness (QED) is 0.0883. The van der Waals surface area contributed by atoms with E-state index in [4.69, 9.17) is 33.2 Å². The monoisotopic (exact) mass is 760 g/mol. The Morgan fingerprint density at radius 2 is 1.16 bits per heavy atom. The molecule has 4 heterocycles. The largest absolute Gasteiger partial charge is 0.394 e. The van der Waals surface area contributed by atoms with E-state index in [1.165, 1.54) is 32.5 Å². The summed E-state index contributed by atoms with van der Waals surface area (Å²) in [4.78, 5) is 24.0. The van der Waals surface area contributed by atoms with Crippen molar-refractivity contribution in [3.05, 3.63) is 0 Å². The Morgan fingerprint density at radius 1 is 0.588 bits per heavy atom. The molecule has 0 saturated carbocycles. The summed E-state index contributed by atoms with van der Waals surface area (Å²) in [7, 11) is 0. The maximum atomic E-state index is 12.0. The summed E-state index contributed by atoms with van der Waals surface area (Å²) in [5.41, 5.74) is -0.874. The zero-order valence-corrected chi connectivity index (χ0v) is 29.6. The van der Waals surface area contributed by atoms with Crippen molar-refractivity contribution in [3.63, 3.8) is 0 Å². The predicted molar refractivity (Wildman–Crippen MR) is 170 cm³/mol. The first-order chi connectivity index (χ1) is 24.0. The van der Waals surface area contributed by atoms with E-state index in [9.17, 15) is 55.5 Å². The van der Waals surface area contributed by atoms with Crippen LogP contribution in [0.5, 0.6) is 0 Å². The van der Waals surface area contributed by atoms with Gasteiger partial charge in [-0.1, -0.05) is 6.92 Å². The maximum Gasteiger partial charge on any atom is 0.217 e. The van der Waals surface area contributed by atoms with E-state index in [2.05, 4.69) is 10.6 Å². The highest BCUT2D eigenvalue weighted by atomic mass is 32.2. The number of hydrogen-bond acceptors (Lipinski definition) is 19. The average Bonchev–Trinajstić information content (AvgIpc) is 3.07. The lowest BCUT2D eigenvalue weighted by molar-refractivity contribution is -0.378. The lowest BCUT2D eigenvalue weighted by Crippen LogP contribution is -2.69. The van der Waals surface area contributed by atoms with Crippen molar-refractivity contribution in [1.29, 1.82) is 0 Å². The Kier molecular flexibility index (Phi) is 15.2. The van der Waals surface area contributed by atoms with Crippen LogP contribution in [0.25, 0.3) is 0 Å². The second-order valence-corrected chi connectivity index (χ2v) is 14.4. The molecule has 4 saturated heterocycles. The third kappa shape index (κ3) is 9.49. The van der Waals surface area contributed by atoms with Gasteiger partial charge in [0.1, 0.15) is 84.7 Å². The van der Waals surface area contributed by atoms with Gasteiger partial charge < -0.3 is 89.8 Å². The molecule has 4 rings (SSSR count). The molecule has 4 aliphatic heterocycles. The molecule has 2 amide bonds. The van der Waals surface area contributed by atoms with Crippen LogP contribution in [0.15, 0.2) is 0 Å². The van der Waals surface area contributed by atoms with Crippen LogP contribution in [0.3, 0.4) is 0 Å². The number of thioether (sulfide) groups is 1. The Balaban J connectivity index is 1.61. The zero-order chi connectivity index (χ0) is 37.9. The molecule has 21 heteroatoms. The third-order valence-electron chi connectivity index (χ3n) is 9.26. The number of carbonyl (C=O) groups is 2. The van der Waals surface area contributed by atoms with Crippen molar-refractivity contribution in [1.82, 2.24) is 10.6 Å². The van der Waals surface area contributed by atoms with Crippen molar-refractivity contribution in [2.75, 3.05) is 19.0 Å². The SMILES string of the molecule is CCS[C@@H]1O[C@H](CO)[C@@H](O[C@@H]2O[C@@H](C)[C@@H](O)[C@@H](O[C@H]3O[C@H](C)[C@@H](NC(C)=O)[C@H](O)[C@@H]3O[C@H]3O[C@H](CO)[C@H](O)[C@H](O)[C@H]3NC(C)=O)[C@@H]2O)[C@H](O)[C@H]1O. The molecule has 0 aromatic rings. The summed E-state index contributed by atoms with van der Waals surface area (Å²) in [5, 5.41) is 102. The van der Waals surface area contributed by atoms with E-state index in [1.54, 1.807) is 0 Å². The van der Waals surface area contributed by atoms with Crippen LogP contribution < -0.4 is 10.6 Å². The van der Waals surface area contributed by atoms with Crippen molar-refractivity contribution >= 4 is 23.6 Å². The maximum absolute atomic E-state index is 12.0. The van der Waals surface area contributed by atoms with E-state index < -0.39 is 147 Å². The van der Waals surface area contributed by atoms with Gasteiger partial charge in [0.15, 0.2) is 18.9 Å². The highest BCUT2D eigenvalue weighted by molar-refractivity contribution is 7.99. The number of aliphatic hydroxyl groups excluding tert-OH is 9. The van der Waals surface area contributed by atoms with E-state index in [0.29, 0.717) is 5.75 Å². The molecule has 0 radical (unpaired) electrons. The Labute approximate surface area is 298 Å². The van der Waals surface area contributed by atoms with Crippen LogP contribution in [0.2, 0.25) is 0 Å². The summed E-state index contributed by atoms with van der Waals surface area (Å²) in [6.45, 7) is 5.68. The van der Waals surface area contributed by atoms with Gasteiger partial charge in [-0.05, 0) is 19.6 Å². The van der Waals surface area contributed by atoms with E-state index in [1.807, 2.05) is 6.92 Å². The predicted octanol–water partition coefficient (Wildman–Crippen LogP) is -5.65. The molecule has 0 aromatic carbocycles. The van der Waals surface area contributed by atoms with Gasteiger partial charge in [-0.25, -0.2) is 0 Å². The summed E-state index contributed by atoms with van der Waals surface area (Å²) in [6, 6.07) is -2.57. The summed E-state index contributed by atoms with van der Waals surface area (Å²) < 4.78 is 41.1. The highest BCUT2D eigenvalue weighted by Gasteiger charge is 2.55. The van der Waals surface area contributed by atoms with Gasteiger partial charge in [-0.3, -0.25) is 9.59 Å². The van der Waals surface area contributed by atoms with Gasteiger partial charge in [0, 0.05) is 13.8 Å². The standard InChI is InChI=1S/C30H52N2O18S/c1-6-51-30-22(42)21(41)24(14(8-34)47-30)48-28-23(43)25(17(37)10(3)45-28)49-29-26(20(40)15(9(2)44-29)31-11(4)35)50-27-16(32-12(5)36)19(39)18(38)13(7-33)46-27/h9-10,13-30,33-34,37-43H,6-8H2,1-5H3,(H,31,35)(H,32,36)/t9-,10+,13-,14-,15-,16-,17-,18+,19-,20+,21-,22-,23+,24-,25-,26+,27-,28+,29-,30+/m1/s1. The fourth-order valence-electron chi connectivity index (χ4n) is 6.55. The fraction of sp³-hybridized carbons (Fsp3) is 0.933. The topological polar surface area (TPSA) is 305 Å². The molecular weight excluding hydrogens is 708 g/mol. The van der Waals surface area contributed by atoms with E-state index in [0.717, 1.165) is 6.92 Å². The molecule has 4 fully saturated rings. The molecular formula is C30H52N2O18S. The molecule has 0 bridgehead atoms. The van der Waals surface area contributed by atoms with Crippen molar-refractivity contribution < 1.29 is 88.7 Å². The molecule has 0 aliphatic carbocycles. The third-order valence-corrected chi connectivity index (χ3v) is 10.3. The van der Waals surface area contributed by atoms with Crippen molar-refractivity contribution in [2.24, 2.45) is 0 Å². The highest BCUT2D eigenvalue weighted by Crippen LogP contribution is 2.36. The minimum atomic E-state index is -1.85. The van der Waals surface area contributed by atoms with Crippen LogP contribution in [-0.4, -0.2) is 199 Å². The normalized spacial score (nSPS) is 47.8. The molecule has 0 aromatic heterocycles. The molecule has 4 aliphatic rings. The second kappa shape index (κ2) is 18.3. The van der Waals surface area contributed by atoms with Gasteiger partial charge in [0.25, 0.3) is 0 Å². The van der Waals surface area contributed by atoms with E-state index >= 15 is 0 Å². The number of ether oxygens (including phenoxy) is 7. The molecule has 0 unspecified atom stereocenters. The first-order valence-corrected chi connectivity index (χ1v) is 17.8. The van der Waals surface area contributed by atoms with Crippen LogP contribution >= 0.6 is 11.8 Å². The fourth-order valence-corrected chi connectivity index (χ4v) is 7.46. The minimum Gasteiger partial charge on any atom is -0.394 e. The van der Waals surface area contributed by atoms with Gasteiger partial charge in [0.2, 0.25) is 11.8 Å². The molecule has 51 heavy (non-hydrogen) atoms. The lowest BCUT2D eigenvalue weighted by atomic mass is 9.94. The lowest BCUT2D eigenvalue weighted by Gasteiger charge is -2.50. The second-order valence-electron chi connectivity index (χ2n) is 13.0. The van der Waals surface area contributed by atoms with Crippen LogP contribution in [0, 0.1) is 0 Å². The Hall–Kier alpha value is -1.35. The van der Waals surface area contributed by atoms with Crippen LogP contribution in [0.4, 0.5) is 0 Å². The summed E-state index contributed by atoms with van der Waals surface area (Å²) >= 11 is 1.20. The Bertz CT molecular complexity index is 1140. The number of aliphatic hydroxyl groups is 9. The van der Waals surface area contributed by atoms with Gasteiger partial charge in [0.05, 0.1) is 31.5 Å². The van der Waals surface area contributed by atoms with Crippen LogP contribution in [0.1, 0.15) is 34.6 Å². The molecule has 20 nitrogen and oxygen atoms in total. The number of nitrogens with one attached hydrogen (secondary N) is 2. The number of amides is 2.